The molecule has 0 aliphatic heterocycles. The third-order valence-electron chi connectivity index (χ3n) is 3.52. The molecular weight excluding hydrogens is 373 g/mol. The maximum atomic E-state index is 12.8. The van der Waals surface area contributed by atoms with E-state index in [4.69, 9.17) is 10.00 Å². The molecule has 0 aliphatic rings. The lowest BCUT2D eigenvalue weighted by atomic mass is 10.1. The zero-order valence-corrected chi connectivity index (χ0v) is 14.1. The van der Waals surface area contributed by atoms with E-state index in [1.54, 1.807) is 0 Å². The summed E-state index contributed by atoms with van der Waals surface area (Å²) in [5.41, 5.74) is -0.725. The Hall–Kier alpha value is -3.93. The number of aromatic nitrogens is 2. The van der Waals surface area contributed by atoms with Gasteiger partial charge in [0.05, 0.1) is 29.6 Å². The summed E-state index contributed by atoms with van der Waals surface area (Å²) in [6.45, 7) is 0. The highest BCUT2D eigenvalue weighted by Gasteiger charge is 2.30. The van der Waals surface area contributed by atoms with Gasteiger partial charge in [-0.15, -0.1) is 0 Å². The summed E-state index contributed by atoms with van der Waals surface area (Å²) in [5, 5.41) is 11.6. The van der Waals surface area contributed by atoms with Crippen LogP contribution in [0.3, 0.4) is 0 Å². The molecule has 0 fully saturated rings. The van der Waals surface area contributed by atoms with Crippen LogP contribution in [0.25, 0.3) is 0 Å². The van der Waals surface area contributed by atoms with Crippen molar-refractivity contribution in [2.24, 2.45) is 0 Å². The number of carbonyl (C=O) groups excluding carboxylic acids is 1. The van der Waals surface area contributed by atoms with Gasteiger partial charge in [-0.1, -0.05) is 6.07 Å². The van der Waals surface area contributed by atoms with Gasteiger partial charge >= 0.3 is 6.18 Å². The van der Waals surface area contributed by atoms with Crippen molar-refractivity contribution < 1.29 is 22.7 Å². The number of alkyl halides is 3. The first kappa shape index (κ1) is 18.8. The van der Waals surface area contributed by atoms with E-state index in [1.165, 1.54) is 43.0 Å². The van der Waals surface area contributed by atoms with Crippen molar-refractivity contribution in [3.63, 3.8) is 0 Å². The molecule has 0 unspecified atom stereocenters. The highest BCUT2D eigenvalue weighted by molar-refractivity contribution is 6.04. The Kier molecular flexibility index (Phi) is 5.22. The quantitative estimate of drug-likeness (QED) is 0.720. The zero-order chi connectivity index (χ0) is 20.1. The van der Waals surface area contributed by atoms with Gasteiger partial charge in [0.1, 0.15) is 12.1 Å². The van der Waals surface area contributed by atoms with Gasteiger partial charge < -0.3 is 10.1 Å². The van der Waals surface area contributed by atoms with Crippen molar-refractivity contribution in [2.75, 3.05) is 5.32 Å². The molecule has 0 bridgehead atoms. The van der Waals surface area contributed by atoms with Crippen LogP contribution < -0.4 is 10.1 Å². The number of benzene rings is 2. The molecule has 0 saturated carbocycles. The highest BCUT2D eigenvalue weighted by Crippen LogP contribution is 2.30. The van der Waals surface area contributed by atoms with Crippen LogP contribution in [0.4, 0.5) is 18.9 Å². The largest absolute Gasteiger partial charge is 0.454 e. The molecule has 140 valence electrons. The van der Waals surface area contributed by atoms with Gasteiger partial charge in [0.25, 0.3) is 5.91 Å². The molecular formula is C19H11F3N4O2. The average molecular weight is 384 g/mol. The number of amides is 1. The summed E-state index contributed by atoms with van der Waals surface area (Å²) >= 11 is 0. The Bertz CT molecular complexity index is 1050. The lowest BCUT2D eigenvalue weighted by Crippen LogP contribution is -2.14. The molecule has 1 N–H and O–H groups in total. The predicted octanol–water partition coefficient (Wildman–Crippen LogP) is 4.41. The van der Waals surface area contributed by atoms with Gasteiger partial charge in [0.15, 0.2) is 5.75 Å². The minimum atomic E-state index is -4.56. The van der Waals surface area contributed by atoms with Crippen LogP contribution in [-0.4, -0.2) is 15.9 Å². The fraction of sp³-hybridized carbons (Fsp3) is 0.0526. The Balaban J connectivity index is 1.85. The number of ether oxygens (including phenoxy) is 1. The summed E-state index contributed by atoms with van der Waals surface area (Å²) in [6.07, 6.45) is -0.422. The van der Waals surface area contributed by atoms with Crippen LogP contribution in [0.2, 0.25) is 0 Å². The van der Waals surface area contributed by atoms with Gasteiger partial charge in [-0.25, -0.2) is 9.97 Å². The first-order valence-electron chi connectivity index (χ1n) is 7.82. The fourth-order valence-electron chi connectivity index (χ4n) is 2.31. The zero-order valence-electron chi connectivity index (χ0n) is 14.1. The number of nitriles is 1. The number of anilines is 1. The molecule has 2 aromatic carbocycles. The highest BCUT2D eigenvalue weighted by atomic mass is 19.4. The predicted molar refractivity (Wildman–Crippen MR) is 92.7 cm³/mol. The van der Waals surface area contributed by atoms with Crippen molar-refractivity contribution >= 4 is 11.6 Å². The molecule has 28 heavy (non-hydrogen) atoms. The van der Waals surface area contributed by atoms with Crippen molar-refractivity contribution in [1.29, 1.82) is 5.26 Å². The van der Waals surface area contributed by atoms with E-state index >= 15 is 0 Å². The van der Waals surface area contributed by atoms with E-state index in [-0.39, 0.29) is 22.6 Å². The number of hydrogen-bond donors (Lipinski definition) is 1. The van der Waals surface area contributed by atoms with Crippen LogP contribution in [0.5, 0.6) is 11.5 Å². The maximum Gasteiger partial charge on any atom is 0.416 e. The van der Waals surface area contributed by atoms with E-state index in [9.17, 15) is 18.0 Å². The Morgan fingerprint density at radius 2 is 1.82 bits per heavy atom. The molecule has 1 amide bonds. The van der Waals surface area contributed by atoms with E-state index in [0.717, 1.165) is 18.2 Å². The molecule has 0 spiro atoms. The molecule has 0 aliphatic carbocycles. The minimum absolute atomic E-state index is 0.170. The number of nitrogens with one attached hydrogen (secondary N) is 1. The fourth-order valence-corrected chi connectivity index (χ4v) is 2.31. The molecule has 1 aromatic heterocycles. The standard InChI is InChI=1S/C19H11F3N4O2/c20-19(21,22)14-3-1-2-13(6-14)18(27)26-15-4-12(8-23)5-16(7-15)28-17-9-24-11-25-10-17/h1-7,9-11H,(H,26,27). The van der Waals surface area contributed by atoms with Crippen molar-refractivity contribution in [2.45, 2.75) is 6.18 Å². The van der Waals surface area contributed by atoms with Crippen molar-refractivity contribution in [1.82, 2.24) is 9.97 Å². The van der Waals surface area contributed by atoms with Gasteiger partial charge in [0.2, 0.25) is 0 Å². The summed E-state index contributed by atoms with van der Waals surface area (Å²) < 4.78 is 44.0. The maximum absolute atomic E-state index is 12.8. The first-order chi connectivity index (χ1) is 13.3. The molecule has 0 atom stereocenters. The van der Waals surface area contributed by atoms with Crippen LogP contribution in [0.15, 0.2) is 61.2 Å². The second kappa shape index (κ2) is 7.75. The lowest BCUT2D eigenvalue weighted by Gasteiger charge is -2.11. The molecule has 9 heteroatoms. The average Bonchev–Trinajstić information content (AvgIpc) is 2.68. The molecule has 1 heterocycles. The summed E-state index contributed by atoms with van der Waals surface area (Å²) in [5.74, 6) is -0.212. The first-order valence-corrected chi connectivity index (χ1v) is 7.82. The van der Waals surface area contributed by atoms with Crippen molar-refractivity contribution in [3.05, 3.63) is 77.9 Å². The van der Waals surface area contributed by atoms with Gasteiger partial charge in [-0.3, -0.25) is 4.79 Å². The summed E-state index contributed by atoms with van der Waals surface area (Å²) in [7, 11) is 0. The topological polar surface area (TPSA) is 87.9 Å². The molecule has 3 rings (SSSR count). The van der Waals surface area contributed by atoms with E-state index in [2.05, 4.69) is 15.3 Å². The molecule has 3 aromatic rings. The SMILES string of the molecule is N#Cc1cc(NC(=O)c2cccc(C(F)(F)F)c2)cc(Oc2cncnc2)c1. The third-order valence-corrected chi connectivity index (χ3v) is 3.52. The van der Waals surface area contributed by atoms with Crippen LogP contribution >= 0.6 is 0 Å². The lowest BCUT2D eigenvalue weighted by molar-refractivity contribution is -0.137. The normalized spacial score (nSPS) is 10.8. The number of rotatable bonds is 4. The number of halogens is 3. The van der Waals surface area contributed by atoms with E-state index < -0.39 is 17.6 Å². The molecule has 6 nitrogen and oxygen atoms in total. The van der Waals surface area contributed by atoms with Gasteiger partial charge in [-0.2, -0.15) is 18.4 Å². The van der Waals surface area contributed by atoms with Crippen LogP contribution in [0, 0.1) is 11.3 Å². The number of hydrogen-bond acceptors (Lipinski definition) is 5. The monoisotopic (exact) mass is 384 g/mol. The minimum Gasteiger partial charge on any atom is -0.454 e. The smallest absolute Gasteiger partial charge is 0.416 e. The van der Waals surface area contributed by atoms with Gasteiger partial charge in [0, 0.05) is 17.3 Å². The molecule has 0 saturated heterocycles. The van der Waals surface area contributed by atoms with Crippen LogP contribution in [0.1, 0.15) is 21.5 Å². The van der Waals surface area contributed by atoms with Crippen LogP contribution in [-0.2, 0) is 6.18 Å². The van der Waals surface area contributed by atoms with Crippen molar-refractivity contribution in [3.8, 4) is 17.6 Å². The Morgan fingerprint density at radius 1 is 1.07 bits per heavy atom. The van der Waals surface area contributed by atoms with E-state index in [0.29, 0.717) is 5.75 Å². The molecule has 0 radical (unpaired) electrons. The van der Waals surface area contributed by atoms with E-state index in [1.807, 2.05) is 6.07 Å². The summed E-state index contributed by atoms with van der Waals surface area (Å²) in [4.78, 5) is 19.9. The van der Waals surface area contributed by atoms with Gasteiger partial charge in [-0.05, 0) is 30.3 Å². The summed E-state index contributed by atoms with van der Waals surface area (Å²) in [6, 6.07) is 10.2. The second-order valence-electron chi connectivity index (χ2n) is 5.57. The number of nitrogens with zero attached hydrogens (tertiary/aromatic N) is 3. The third kappa shape index (κ3) is 4.62. The number of carbonyl (C=O) groups is 1. The Morgan fingerprint density at radius 3 is 2.50 bits per heavy atom. The Labute approximate surface area is 157 Å². The second-order valence-corrected chi connectivity index (χ2v) is 5.57.